The first-order chi connectivity index (χ1) is 16.7. The van der Waals surface area contributed by atoms with Gasteiger partial charge in [0.2, 0.25) is 11.6 Å². The second-order valence-electron chi connectivity index (χ2n) is 11.0. The number of allylic oxidation sites excluding steroid dienone is 8. The summed E-state index contributed by atoms with van der Waals surface area (Å²) in [6.45, 7) is 9.48. The second-order valence-corrected chi connectivity index (χ2v) is 11.0. The molecule has 8 heteroatoms. The van der Waals surface area contributed by atoms with Gasteiger partial charge in [0, 0.05) is 23.0 Å². The molecule has 0 radical (unpaired) electrons. The SMILES string of the molecule is C/C=C/C=C/C(O)=C1C(=O)[C@@]2(C)C3C(=C(O)/C=C/C=C/C)C(=O)[C@@]4(C)C1[C@]1(C)O[C@@]4(O)[C@@]3(C)O[C@@]12O. The molecule has 3 aliphatic carbocycles. The molecule has 192 valence electrons. The summed E-state index contributed by atoms with van der Waals surface area (Å²) < 4.78 is 12.5. The molecule has 4 N–H and O–H groups in total. The van der Waals surface area contributed by atoms with Gasteiger partial charge in [0.25, 0.3) is 0 Å². The lowest BCUT2D eigenvalue weighted by molar-refractivity contribution is -0.450. The van der Waals surface area contributed by atoms with Gasteiger partial charge < -0.3 is 29.9 Å². The number of rotatable bonds is 4. The Bertz CT molecular complexity index is 1190. The molecule has 2 unspecified atom stereocenters. The topological polar surface area (TPSA) is 134 Å². The third kappa shape index (κ3) is 2.15. The van der Waals surface area contributed by atoms with Crippen LogP contribution in [0.1, 0.15) is 41.5 Å². The molecule has 3 saturated carbocycles. The Balaban J connectivity index is 1.93. The molecule has 5 aliphatic rings. The fourth-order valence-electron chi connectivity index (χ4n) is 7.94. The van der Waals surface area contributed by atoms with Crippen molar-refractivity contribution in [3.05, 3.63) is 71.3 Å². The van der Waals surface area contributed by atoms with E-state index in [9.17, 15) is 30.0 Å². The molecular formula is C28H32O8. The van der Waals surface area contributed by atoms with E-state index in [4.69, 9.17) is 9.47 Å². The Morgan fingerprint density at radius 2 is 1.03 bits per heavy atom. The molecule has 2 heterocycles. The number of hydrogen-bond donors (Lipinski definition) is 4. The smallest absolute Gasteiger partial charge is 0.210 e. The maximum Gasteiger partial charge on any atom is 0.210 e. The van der Waals surface area contributed by atoms with Crippen LogP contribution in [0.5, 0.6) is 0 Å². The standard InChI is InChI=1S/C28H32O8/c1-7-9-11-13-15(29)17-19-23(3)22(32)18(16(30)14-12-10-8-2)20-24(4,21(17)31)28(34)25(19,5)35-27(23,33)26(20,6)36-28/h7-14,19-20,29-30,33-34H,1-6H3/b9-7+,10-8+,13-11+,14-12+,17-15?,18-16?/t19?,20?,23-,24-,25+,26+,27-,28-/m1/s1. The summed E-state index contributed by atoms with van der Waals surface area (Å²) in [6, 6.07) is 0. The largest absolute Gasteiger partial charge is 0.508 e. The van der Waals surface area contributed by atoms with Crippen LogP contribution in [0.4, 0.5) is 0 Å². The van der Waals surface area contributed by atoms with Crippen LogP contribution < -0.4 is 0 Å². The molecule has 0 aromatic rings. The fraction of sp³-hybridized carbons (Fsp3) is 0.500. The van der Waals surface area contributed by atoms with Gasteiger partial charge in [-0.1, -0.05) is 36.5 Å². The predicted octanol–water partition coefficient (Wildman–Crippen LogP) is 3.25. The molecule has 0 aromatic carbocycles. The molecule has 2 aliphatic heterocycles. The zero-order valence-corrected chi connectivity index (χ0v) is 21.2. The first kappa shape index (κ1) is 24.9. The van der Waals surface area contributed by atoms with Gasteiger partial charge in [-0.25, -0.2) is 0 Å². The molecule has 8 nitrogen and oxygen atoms in total. The van der Waals surface area contributed by atoms with E-state index in [2.05, 4.69) is 0 Å². The first-order valence-electron chi connectivity index (χ1n) is 12.1. The van der Waals surface area contributed by atoms with E-state index >= 15 is 0 Å². The van der Waals surface area contributed by atoms with Gasteiger partial charge in [-0.2, -0.15) is 0 Å². The van der Waals surface area contributed by atoms with E-state index in [1.165, 1.54) is 39.8 Å². The number of aliphatic hydroxyl groups excluding tert-OH is 2. The molecule has 8 atom stereocenters. The van der Waals surface area contributed by atoms with Crippen molar-refractivity contribution in [3.8, 4) is 0 Å². The van der Waals surface area contributed by atoms with Crippen molar-refractivity contribution in [2.45, 2.75) is 64.3 Å². The summed E-state index contributed by atoms with van der Waals surface area (Å²) in [5.41, 5.74) is -7.52. The van der Waals surface area contributed by atoms with Crippen molar-refractivity contribution >= 4 is 11.6 Å². The summed E-state index contributed by atoms with van der Waals surface area (Å²) >= 11 is 0. The van der Waals surface area contributed by atoms with E-state index in [0.29, 0.717) is 0 Å². The molecule has 0 aromatic heterocycles. The second kappa shape index (κ2) is 6.95. The number of ether oxygens (including phenoxy) is 2. The quantitative estimate of drug-likeness (QED) is 0.265. The van der Waals surface area contributed by atoms with Crippen molar-refractivity contribution in [1.82, 2.24) is 0 Å². The molecule has 0 amide bonds. The van der Waals surface area contributed by atoms with Crippen LogP contribution in [0.25, 0.3) is 0 Å². The Morgan fingerprint density at radius 3 is 1.33 bits per heavy atom. The van der Waals surface area contributed by atoms with Crippen molar-refractivity contribution in [1.29, 1.82) is 0 Å². The van der Waals surface area contributed by atoms with Gasteiger partial charge in [0.1, 0.15) is 22.7 Å². The Hall–Kier alpha value is -2.78. The van der Waals surface area contributed by atoms with Gasteiger partial charge in [-0.15, -0.1) is 0 Å². The van der Waals surface area contributed by atoms with Crippen LogP contribution in [-0.4, -0.2) is 54.8 Å². The Kier molecular flexibility index (Phi) is 4.81. The van der Waals surface area contributed by atoms with Gasteiger partial charge in [0.05, 0.1) is 10.8 Å². The van der Waals surface area contributed by atoms with Crippen LogP contribution in [0.2, 0.25) is 0 Å². The van der Waals surface area contributed by atoms with Gasteiger partial charge in [-0.3, -0.25) is 9.59 Å². The van der Waals surface area contributed by atoms with Crippen LogP contribution in [0, 0.1) is 22.7 Å². The van der Waals surface area contributed by atoms with E-state index in [1.54, 1.807) is 50.3 Å². The van der Waals surface area contributed by atoms with E-state index in [1.807, 2.05) is 0 Å². The highest BCUT2D eigenvalue weighted by molar-refractivity contribution is 6.13. The third-order valence-electron chi connectivity index (χ3n) is 9.41. The number of hydrogen-bond acceptors (Lipinski definition) is 8. The molecule has 2 saturated heterocycles. The average molecular weight is 497 g/mol. The Labute approximate surface area is 209 Å². The van der Waals surface area contributed by atoms with Crippen LogP contribution in [0.3, 0.4) is 0 Å². The van der Waals surface area contributed by atoms with Gasteiger partial charge in [-0.05, 0) is 53.7 Å². The van der Waals surface area contributed by atoms with Crippen LogP contribution in [-0.2, 0) is 19.1 Å². The van der Waals surface area contributed by atoms with Crippen LogP contribution >= 0.6 is 0 Å². The third-order valence-corrected chi connectivity index (χ3v) is 9.41. The minimum atomic E-state index is -2.26. The molecular weight excluding hydrogens is 464 g/mol. The Morgan fingerprint density at radius 1 is 0.694 bits per heavy atom. The highest BCUT2D eigenvalue weighted by Gasteiger charge is 2.99. The van der Waals surface area contributed by atoms with Crippen molar-refractivity contribution in [3.63, 3.8) is 0 Å². The monoisotopic (exact) mass is 496 g/mol. The lowest BCUT2D eigenvalue weighted by Gasteiger charge is -2.58. The molecule has 5 fully saturated rings. The van der Waals surface area contributed by atoms with E-state index < -0.39 is 57.0 Å². The predicted molar refractivity (Wildman–Crippen MR) is 129 cm³/mol. The van der Waals surface area contributed by atoms with E-state index in [0.717, 1.165) is 0 Å². The van der Waals surface area contributed by atoms with E-state index in [-0.39, 0.29) is 22.7 Å². The normalized spacial score (nSPS) is 51.8. The maximum absolute atomic E-state index is 14.3. The van der Waals surface area contributed by atoms with Crippen molar-refractivity contribution in [2.75, 3.05) is 0 Å². The molecule has 36 heavy (non-hydrogen) atoms. The highest BCUT2D eigenvalue weighted by atomic mass is 16.8. The number of carbonyl (C=O) groups is 2. The maximum atomic E-state index is 14.3. The van der Waals surface area contributed by atoms with Gasteiger partial charge >= 0.3 is 0 Å². The summed E-state index contributed by atoms with van der Waals surface area (Å²) in [6.07, 6.45) is 12.6. The summed E-state index contributed by atoms with van der Waals surface area (Å²) in [5.74, 6) is -9.12. The molecule has 0 spiro atoms. The zero-order chi connectivity index (χ0) is 26.7. The average Bonchev–Trinajstić information content (AvgIpc) is 3.12. The molecule has 8 bridgehead atoms. The number of carbonyl (C=O) groups excluding carboxylic acids is 2. The minimum absolute atomic E-state index is 0.113. The minimum Gasteiger partial charge on any atom is -0.508 e. The summed E-state index contributed by atoms with van der Waals surface area (Å²) in [7, 11) is 0. The van der Waals surface area contributed by atoms with Gasteiger partial charge in [0.15, 0.2) is 11.6 Å². The number of Topliss-reactive ketones (excluding diaryl/α,β-unsaturated/α-hetero) is 2. The zero-order valence-electron chi connectivity index (χ0n) is 21.2. The lowest BCUT2D eigenvalue weighted by atomic mass is 9.39. The van der Waals surface area contributed by atoms with Crippen LogP contribution in [0.15, 0.2) is 71.3 Å². The fourth-order valence-corrected chi connectivity index (χ4v) is 7.94. The number of aliphatic hydroxyl groups is 4. The number of ketones is 2. The highest BCUT2D eigenvalue weighted by Crippen LogP contribution is 2.83. The summed E-state index contributed by atoms with van der Waals surface area (Å²) in [4.78, 5) is 28.7. The van der Waals surface area contributed by atoms with Crippen molar-refractivity contribution < 1.29 is 39.5 Å². The summed E-state index contributed by atoms with van der Waals surface area (Å²) in [5, 5.41) is 46.6. The first-order valence-corrected chi connectivity index (χ1v) is 12.1. The van der Waals surface area contributed by atoms with Crippen molar-refractivity contribution in [2.24, 2.45) is 22.7 Å². The molecule has 5 rings (SSSR count). The lowest BCUT2D eigenvalue weighted by Crippen LogP contribution is -2.74.